The van der Waals surface area contributed by atoms with Gasteiger partial charge in [-0.15, -0.1) is 0 Å². The predicted octanol–water partition coefficient (Wildman–Crippen LogP) is 5.36. The van der Waals surface area contributed by atoms with Crippen molar-refractivity contribution in [2.75, 3.05) is 23.8 Å². The molecule has 10 nitrogen and oxygen atoms in total. The molecule has 10 heteroatoms. The van der Waals surface area contributed by atoms with Crippen LogP contribution in [0.3, 0.4) is 0 Å². The lowest BCUT2D eigenvalue weighted by Gasteiger charge is -2.18. The van der Waals surface area contributed by atoms with Gasteiger partial charge in [0.1, 0.15) is 18.4 Å². The molecular weight excluding hydrogens is 562 g/mol. The molecule has 0 aromatic heterocycles. The summed E-state index contributed by atoms with van der Waals surface area (Å²) in [5.41, 5.74) is 2.99. The zero-order valence-corrected chi connectivity index (χ0v) is 24.2. The summed E-state index contributed by atoms with van der Waals surface area (Å²) in [6.45, 7) is 1.90. The molecule has 226 valence electrons. The first-order valence-corrected chi connectivity index (χ1v) is 14.0. The van der Waals surface area contributed by atoms with Crippen molar-refractivity contribution in [3.63, 3.8) is 0 Å². The molecule has 1 unspecified atom stereocenters. The molecule has 4 aromatic carbocycles. The van der Waals surface area contributed by atoms with Crippen LogP contribution in [0.25, 0.3) is 0 Å². The standard InChI is InChI=1S/C34H33N3O7/c1-2-42-29-19-17-28(18-20-29)36-32(39)26-13-15-27(16-14-26)35-31(38)23-43-33(40)30(21-24-9-5-3-6-10-24)37-34(41)44-22-25-11-7-4-8-12-25/h3-20,30H,2,21-23H2,1H3,(H,35,38)(H,36,39)(H,37,41). The smallest absolute Gasteiger partial charge is 0.408 e. The van der Waals surface area contributed by atoms with Gasteiger partial charge in [-0.3, -0.25) is 9.59 Å². The Balaban J connectivity index is 1.27. The molecule has 44 heavy (non-hydrogen) atoms. The molecule has 0 radical (unpaired) electrons. The first kappa shape index (κ1) is 31.3. The Morgan fingerprint density at radius 1 is 0.682 bits per heavy atom. The molecule has 3 N–H and O–H groups in total. The van der Waals surface area contributed by atoms with Crippen LogP contribution in [0.4, 0.5) is 16.2 Å². The summed E-state index contributed by atoms with van der Waals surface area (Å²) in [6, 6.07) is 30.4. The molecule has 0 bridgehead atoms. The average molecular weight is 596 g/mol. The topological polar surface area (TPSA) is 132 Å². The highest BCUT2D eigenvalue weighted by Crippen LogP contribution is 2.17. The van der Waals surface area contributed by atoms with Crippen molar-refractivity contribution in [1.29, 1.82) is 0 Å². The number of carbonyl (C=O) groups excluding carboxylic acids is 4. The normalized spacial score (nSPS) is 11.0. The highest BCUT2D eigenvalue weighted by atomic mass is 16.6. The SMILES string of the molecule is CCOc1ccc(NC(=O)c2ccc(NC(=O)COC(=O)C(Cc3ccccc3)NC(=O)OCc3ccccc3)cc2)cc1. The lowest BCUT2D eigenvalue weighted by Crippen LogP contribution is -2.44. The maximum atomic E-state index is 12.9. The van der Waals surface area contributed by atoms with Gasteiger partial charge in [0.15, 0.2) is 6.61 Å². The Bertz CT molecular complexity index is 1530. The number of esters is 1. The third-order valence-corrected chi connectivity index (χ3v) is 6.27. The molecule has 4 aromatic rings. The number of hydrogen-bond acceptors (Lipinski definition) is 7. The molecule has 0 saturated heterocycles. The van der Waals surface area contributed by atoms with Gasteiger partial charge in [-0.1, -0.05) is 60.7 Å². The van der Waals surface area contributed by atoms with Gasteiger partial charge in [-0.2, -0.15) is 0 Å². The van der Waals surface area contributed by atoms with Gasteiger partial charge in [0, 0.05) is 23.4 Å². The second-order valence-electron chi connectivity index (χ2n) is 9.59. The number of amides is 3. The summed E-state index contributed by atoms with van der Waals surface area (Å²) in [7, 11) is 0. The van der Waals surface area contributed by atoms with E-state index >= 15 is 0 Å². The van der Waals surface area contributed by atoms with Crippen LogP contribution in [-0.4, -0.2) is 43.1 Å². The predicted molar refractivity (Wildman–Crippen MR) is 165 cm³/mol. The van der Waals surface area contributed by atoms with Gasteiger partial charge in [-0.25, -0.2) is 9.59 Å². The largest absolute Gasteiger partial charge is 0.494 e. The van der Waals surface area contributed by atoms with Crippen molar-refractivity contribution >= 4 is 35.3 Å². The summed E-state index contributed by atoms with van der Waals surface area (Å²) < 4.78 is 15.9. The summed E-state index contributed by atoms with van der Waals surface area (Å²) in [4.78, 5) is 50.5. The Labute approximate surface area is 255 Å². The number of rotatable bonds is 13. The molecule has 4 rings (SSSR count). The van der Waals surface area contributed by atoms with Crippen LogP contribution in [0.15, 0.2) is 109 Å². The number of anilines is 2. The highest BCUT2D eigenvalue weighted by molar-refractivity contribution is 6.04. The van der Waals surface area contributed by atoms with Crippen molar-refractivity contribution in [1.82, 2.24) is 5.32 Å². The van der Waals surface area contributed by atoms with Crippen molar-refractivity contribution in [2.45, 2.75) is 26.0 Å². The minimum absolute atomic E-state index is 0.0319. The van der Waals surface area contributed by atoms with Crippen molar-refractivity contribution < 1.29 is 33.4 Å². The van der Waals surface area contributed by atoms with Crippen LogP contribution in [0.5, 0.6) is 5.75 Å². The third-order valence-electron chi connectivity index (χ3n) is 6.27. The lowest BCUT2D eigenvalue weighted by atomic mass is 10.1. The van der Waals surface area contributed by atoms with Gasteiger partial charge in [-0.05, 0) is 66.6 Å². The molecule has 1 atom stereocenters. The minimum Gasteiger partial charge on any atom is -0.494 e. The number of ether oxygens (including phenoxy) is 3. The zero-order chi connectivity index (χ0) is 31.1. The molecule has 0 aliphatic rings. The van der Waals surface area contributed by atoms with E-state index in [2.05, 4.69) is 16.0 Å². The Hall–Kier alpha value is -5.64. The van der Waals surface area contributed by atoms with E-state index in [-0.39, 0.29) is 18.9 Å². The van der Waals surface area contributed by atoms with E-state index in [1.807, 2.05) is 67.6 Å². The second kappa shape index (κ2) is 16.1. The van der Waals surface area contributed by atoms with Crippen LogP contribution in [0, 0.1) is 0 Å². The fourth-order valence-electron chi connectivity index (χ4n) is 4.09. The van der Waals surface area contributed by atoms with Gasteiger partial charge < -0.3 is 30.2 Å². The summed E-state index contributed by atoms with van der Waals surface area (Å²) in [6.07, 6.45) is -0.648. The first-order chi connectivity index (χ1) is 21.4. The van der Waals surface area contributed by atoms with E-state index < -0.39 is 30.6 Å². The third kappa shape index (κ3) is 10.0. The molecule has 0 saturated carbocycles. The maximum absolute atomic E-state index is 12.9. The summed E-state index contributed by atoms with van der Waals surface area (Å²) in [5.74, 6) is -0.988. The monoisotopic (exact) mass is 595 g/mol. The molecule has 0 heterocycles. The van der Waals surface area contributed by atoms with Crippen molar-refractivity contribution in [3.05, 3.63) is 126 Å². The van der Waals surface area contributed by atoms with E-state index in [0.717, 1.165) is 11.1 Å². The number of hydrogen-bond donors (Lipinski definition) is 3. The van der Waals surface area contributed by atoms with Crippen LogP contribution >= 0.6 is 0 Å². The minimum atomic E-state index is -1.08. The Kier molecular flexibility index (Phi) is 11.5. The van der Waals surface area contributed by atoms with Gasteiger partial charge in [0.05, 0.1) is 6.61 Å². The Morgan fingerprint density at radius 2 is 1.27 bits per heavy atom. The van der Waals surface area contributed by atoms with Crippen LogP contribution in [0.2, 0.25) is 0 Å². The number of nitrogens with one attached hydrogen (secondary N) is 3. The molecule has 0 spiro atoms. The fourth-order valence-corrected chi connectivity index (χ4v) is 4.09. The lowest BCUT2D eigenvalue weighted by molar-refractivity contribution is -0.149. The molecule has 0 aliphatic carbocycles. The van der Waals surface area contributed by atoms with E-state index in [0.29, 0.717) is 29.3 Å². The van der Waals surface area contributed by atoms with Crippen LogP contribution in [-0.2, 0) is 32.1 Å². The van der Waals surface area contributed by atoms with Crippen molar-refractivity contribution in [2.24, 2.45) is 0 Å². The van der Waals surface area contributed by atoms with Gasteiger partial charge >= 0.3 is 12.1 Å². The average Bonchev–Trinajstić information content (AvgIpc) is 3.04. The van der Waals surface area contributed by atoms with Gasteiger partial charge in [0.25, 0.3) is 11.8 Å². The van der Waals surface area contributed by atoms with E-state index in [4.69, 9.17) is 14.2 Å². The summed E-state index contributed by atoms with van der Waals surface area (Å²) >= 11 is 0. The molecule has 3 amide bonds. The van der Waals surface area contributed by atoms with E-state index in [1.54, 1.807) is 48.5 Å². The summed E-state index contributed by atoms with van der Waals surface area (Å²) in [5, 5.41) is 7.97. The van der Waals surface area contributed by atoms with Gasteiger partial charge in [0.2, 0.25) is 0 Å². The van der Waals surface area contributed by atoms with E-state index in [9.17, 15) is 19.2 Å². The second-order valence-corrected chi connectivity index (χ2v) is 9.59. The van der Waals surface area contributed by atoms with Crippen molar-refractivity contribution in [3.8, 4) is 5.75 Å². The molecule has 0 aliphatic heterocycles. The zero-order valence-electron chi connectivity index (χ0n) is 24.2. The first-order valence-electron chi connectivity index (χ1n) is 14.0. The number of alkyl carbamates (subject to hydrolysis) is 1. The van der Waals surface area contributed by atoms with E-state index in [1.165, 1.54) is 0 Å². The Morgan fingerprint density at radius 3 is 1.91 bits per heavy atom. The highest BCUT2D eigenvalue weighted by Gasteiger charge is 2.24. The quantitative estimate of drug-likeness (QED) is 0.177. The molecule has 0 fully saturated rings. The molecular formula is C34H33N3O7. The maximum Gasteiger partial charge on any atom is 0.408 e. The number of benzene rings is 4. The van der Waals surface area contributed by atoms with Crippen LogP contribution < -0.4 is 20.7 Å². The fraction of sp³-hybridized carbons (Fsp3) is 0.176. The van der Waals surface area contributed by atoms with Crippen LogP contribution in [0.1, 0.15) is 28.4 Å². The number of carbonyl (C=O) groups is 4.